The zero-order valence-electron chi connectivity index (χ0n) is 44.3. The Hall–Kier alpha value is -8.57. The van der Waals surface area contributed by atoms with Crippen molar-refractivity contribution < 1.29 is 47.9 Å². The maximum Gasteiger partial charge on any atom is 0.243 e. The molecule has 15 N–H and O–H groups in total. The molecule has 2 aliphatic heterocycles. The second-order valence-electron chi connectivity index (χ2n) is 20.3. The number of aromatic amines is 1. The van der Waals surface area contributed by atoms with E-state index in [0.717, 1.165) is 21.7 Å². The van der Waals surface area contributed by atoms with Crippen molar-refractivity contribution >= 4 is 86.7 Å². The van der Waals surface area contributed by atoms with Crippen LogP contribution in [0, 0.1) is 11.8 Å². The van der Waals surface area contributed by atoms with Gasteiger partial charge in [0.05, 0.1) is 13.1 Å². The summed E-state index contributed by atoms with van der Waals surface area (Å²) in [6, 6.07) is 11.3. The summed E-state index contributed by atoms with van der Waals surface area (Å²) in [5.74, 6) is -8.82. The number of hydrogen-bond acceptors (Lipinski definition) is 11. The quantitative estimate of drug-likeness (QED) is 0.0340. The molecule has 0 radical (unpaired) electrons. The molecule has 2 saturated heterocycles. The largest absolute Gasteiger partial charge is 0.370 e. The van der Waals surface area contributed by atoms with E-state index >= 15 is 0 Å². The number of carbonyl (C=O) groups is 10. The highest BCUT2D eigenvalue weighted by Crippen LogP contribution is 2.22. The molecular formula is C54H72N14O10. The van der Waals surface area contributed by atoms with Crippen LogP contribution in [0.5, 0.6) is 0 Å². The van der Waals surface area contributed by atoms with Gasteiger partial charge in [-0.15, -0.1) is 0 Å². The van der Waals surface area contributed by atoms with Crippen molar-refractivity contribution in [3.05, 3.63) is 84.1 Å². The van der Waals surface area contributed by atoms with Crippen LogP contribution < -0.4 is 59.7 Å². The SMILES string of the molecule is CC(C)[C@H](NC(=O)[C@@H]1CCC(=O)NCC(=O)N2CCC[C@H]2C(=O)N[C@H](Cc2ccc3ccccc3c2)C(=O)N[C@@H](CCCN=C(N)N)C(=O)N[C@@H](Cc2c[nH]c3ccccc23)C(=O)N1)C(=O)N[C@H](C(=O)NCC(N)=O)C(C)C. The van der Waals surface area contributed by atoms with Gasteiger partial charge in [-0.3, -0.25) is 52.9 Å². The minimum atomic E-state index is -1.56. The highest BCUT2D eigenvalue weighted by atomic mass is 16.2. The van der Waals surface area contributed by atoms with E-state index in [4.69, 9.17) is 17.2 Å². The van der Waals surface area contributed by atoms with Crippen LogP contribution in [0.1, 0.15) is 77.3 Å². The van der Waals surface area contributed by atoms with Gasteiger partial charge in [0.1, 0.15) is 42.3 Å². The van der Waals surface area contributed by atoms with E-state index < -0.39 is 133 Å². The van der Waals surface area contributed by atoms with Crippen molar-refractivity contribution in [3.63, 3.8) is 0 Å². The minimum Gasteiger partial charge on any atom is -0.370 e. The van der Waals surface area contributed by atoms with Crippen molar-refractivity contribution in [2.45, 2.75) is 121 Å². The molecule has 3 heterocycles. The molecule has 6 rings (SSSR count). The monoisotopic (exact) mass is 1080 g/mol. The number of benzene rings is 3. The van der Waals surface area contributed by atoms with Crippen LogP contribution in [-0.2, 0) is 60.8 Å². The summed E-state index contributed by atoms with van der Waals surface area (Å²) in [7, 11) is 0. The molecule has 0 bridgehead atoms. The van der Waals surface area contributed by atoms with Crippen LogP contribution in [0.4, 0.5) is 0 Å². The van der Waals surface area contributed by atoms with Crippen LogP contribution in [0.2, 0.25) is 0 Å². The van der Waals surface area contributed by atoms with Gasteiger partial charge in [0.25, 0.3) is 0 Å². The molecule has 0 aliphatic carbocycles. The third-order valence-corrected chi connectivity index (χ3v) is 13.7. The maximum atomic E-state index is 14.9. The molecule has 2 aliphatic rings. The van der Waals surface area contributed by atoms with Crippen LogP contribution >= 0.6 is 0 Å². The van der Waals surface area contributed by atoms with Crippen LogP contribution in [-0.4, -0.2) is 143 Å². The van der Waals surface area contributed by atoms with Crippen LogP contribution in [0.3, 0.4) is 0 Å². The first-order valence-electron chi connectivity index (χ1n) is 26.2. The highest BCUT2D eigenvalue weighted by Gasteiger charge is 2.39. The fourth-order valence-electron chi connectivity index (χ4n) is 9.49. The predicted molar refractivity (Wildman–Crippen MR) is 290 cm³/mol. The van der Waals surface area contributed by atoms with Crippen LogP contribution in [0.25, 0.3) is 21.7 Å². The standard InChI is InChI=1S/C54H72N14O10/c1-29(2)45(52(77)61-27-42(55)69)67-53(78)46(30(3)4)66-48(73)38-19-20-43(70)60-28-44(71)68-22-10-16-41(68)51(76)65-39(24-31-17-18-32-11-5-6-12-33(32)23-31)49(74)62-37(15-9-21-58-54(56)57)47(72)64-40(50(75)63-38)25-34-26-59-36-14-8-7-13-35(34)36/h5-8,11-14,17-18,23,26,29-30,37-41,45-46,59H,9-10,15-16,19-22,24-25,27-28H2,1-4H3,(H2,55,69)(H,60,70)(H,61,77)(H,62,74)(H,63,75)(H,64,72)(H,65,76)(H,66,73)(H,67,78)(H4,56,57,58)/t37-,38-,39+,40-,41-,45-,46-/m0/s1. The number of nitrogens with one attached hydrogen (secondary N) is 9. The molecule has 3 aromatic carbocycles. The summed E-state index contributed by atoms with van der Waals surface area (Å²) in [6.07, 6.45) is 1.50. The lowest BCUT2D eigenvalue weighted by Crippen LogP contribution is -2.61. The Balaban J connectivity index is 1.37. The first-order valence-corrected chi connectivity index (χ1v) is 26.2. The van der Waals surface area contributed by atoms with Gasteiger partial charge in [-0.2, -0.15) is 0 Å². The molecule has 10 amide bonds. The highest BCUT2D eigenvalue weighted by molar-refractivity contribution is 5.99. The third kappa shape index (κ3) is 16.2. The Bertz CT molecular complexity index is 2900. The number of nitrogens with zero attached hydrogens (tertiary/aromatic N) is 2. The average Bonchev–Trinajstić information content (AvgIpc) is 4.09. The van der Waals surface area contributed by atoms with Crippen LogP contribution in [0.15, 0.2) is 77.9 Å². The molecule has 1 aromatic heterocycles. The van der Waals surface area contributed by atoms with E-state index in [1.165, 1.54) is 4.90 Å². The third-order valence-electron chi connectivity index (χ3n) is 13.7. The predicted octanol–water partition coefficient (Wildman–Crippen LogP) is -1.12. The smallest absolute Gasteiger partial charge is 0.243 e. The number of H-pyrrole nitrogens is 1. The van der Waals surface area contributed by atoms with Gasteiger partial charge < -0.3 is 69.6 Å². The van der Waals surface area contributed by atoms with Gasteiger partial charge in [0, 0.05) is 49.5 Å². The number of amides is 10. The molecular weight excluding hydrogens is 1000 g/mol. The van der Waals surface area contributed by atoms with Crippen molar-refractivity contribution in [1.29, 1.82) is 0 Å². The molecule has 0 saturated carbocycles. The summed E-state index contributed by atoms with van der Waals surface area (Å²) in [6.45, 7) is 5.84. The number of fused-ring (bicyclic) bond motifs is 3. The molecule has 0 unspecified atom stereocenters. The number of para-hydroxylation sites is 1. The van der Waals surface area contributed by atoms with Crippen molar-refractivity contribution in [3.8, 4) is 0 Å². The summed E-state index contributed by atoms with van der Waals surface area (Å²) >= 11 is 0. The van der Waals surface area contributed by atoms with Gasteiger partial charge >= 0.3 is 0 Å². The lowest BCUT2D eigenvalue weighted by molar-refractivity contribution is -0.140. The molecule has 7 atom stereocenters. The lowest BCUT2D eigenvalue weighted by Gasteiger charge is -2.30. The molecule has 78 heavy (non-hydrogen) atoms. The van der Waals surface area contributed by atoms with Gasteiger partial charge in [-0.05, 0) is 71.9 Å². The Kier molecular flexibility index (Phi) is 20.7. The Morgan fingerprint density at radius 3 is 2.08 bits per heavy atom. The van der Waals surface area contributed by atoms with Crippen molar-refractivity contribution in [1.82, 2.24) is 52.4 Å². The Labute approximate surface area is 451 Å². The van der Waals surface area contributed by atoms with Gasteiger partial charge in [0.15, 0.2) is 5.96 Å². The second kappa shape index (κ2) is 27.5. The van der Waals surface area contributed by atoms with Gasteiger partial charge in [0.2, 0.25) is 59.1 Å². The van der Waals surface area contributed by atoms with E-state index in [1.54, 1.807) is 40.0 Å². The molecule has 4 aromatic rings. The molecule has 0 spiro atoms. The number of guanidine groups is 1. The van der Waals surface area contributed by atoms with Crippen molar-refractivity contribution in [2.24, 2.45) is 34.0 Å². The van der Waals surface area contributed by atoms with Gasteiger partial charge in [-0.25, -0.2) is 0 Å². The second-order valence-corrected chi connectivity index (χ2v) is 20.3. The van der Waals surface area contributed by atoms with Crippen molar-refractivity contribution in [2.75, 3.05) is 26.2 Å². The van der Waals surface area contributed by atoms with E-state index in [2.05, 4.69) is 52.5 Å². The summed E-state index contributed by atoms with van der Waals surface area (Å²) in [5.41, 5.74) is 18.4. The van der Waals surface area contributed by atoms with E-state index in [-0.39, 0.29) is 57.6 Å². The number of carbonyl (C=O) groups excluding carboxylic acids is 10. The normalized spacial score (nSPS) is 20.8. The van der Waals surface area contributed by atoms with E-state index in [9.17, 15) is 47.9 Å². The van der Waals surface area contributed by atoms with E-state index in [1.807, 2.05) is 60.7 Å². The first kappa shape index (κ1) is 58.7. The fraction of sp³-hybridized carbons (Fsp3) is 0.463. The zero-order valence-corrected chi connectivity index (χ0v) is 44.3. The Morgan fingerprint density at radius 2 is 1.36 bits per heavy atom. The number of nitrogens with two attached hydrogens (primary N) is 3. The molecule has 2 fully saturated rings. The minimum absolute atomic E-state index is 0.0273. The zero-order chi connectivity index (χ0) is 56.6. The number of rotatable bonds is 17. The Morgan fingerprint density at radius 1 is 0.718 bits per heavy atom. The first-order chi connectivity index (χ1) is 37.2. The lowest BCUT2D eigenvalue weighted by atomic mass is 9.98. The number of aromatic nitrogens is 1. The molecule has 24 nitrogen and oxygen atoms in total. The maximum absolute atomic E-state index is 14.9. The number of primary amides is 1. The molecule has 24 heteroatoms. The fourth-order valence-corrected chi connectivity index (χ4v) is 9.49. The summed E-state index contributed by atoms with van der Waals surface area (Å²) in [4.78, 5) is 148. The average molecular weight is 1080 g/mol. The molecule has 418 valence electrons. The number of hydrogen-bond donors (Lipinski definition) is 12. The summed E-state index contributed by atoms with van der Waals surface area (Å²) < 4.78 is 0. The number of aliphatic imine (C=N–C) groups is 1. The topological polar surface area (TPSA) is 376 Å². The van der Waals surface area contributed by atoms with Gasteiger partial charge in [-0.1, -0.05) is 88.4 Å². The van der Waals surface area contributed by atoms with E-state index in [0.29, 0.717) is 17.5 Å². The summed E-state index contributed by atoms with van der Waals surface area (Å²) in [5, 5.41) is 24.0.